The average Bonchev–Trinajstić information content (AvgIpc) is 2.48. The van der Waals surface area contributed by atoms with Crippen molar-refractivity contribution < 1.29 is 0 Å². The van der Waals surface area contributed by atoms with Crippen molar-refractivity contribution in [2.75, 3.05) is 11.6 Å². The first-order valence-corrected chi connectivity index (χ1v) is 4.28. The zero-order valence-corrected chi connectivity index (χ0v) is 7.94. The van der Waals surface area contributed by atoms with Crippen LogP contribution in [0.4, 0.5) is 5.95 Å². The summed E-state index contributed by atoms with van der Waals surface area (Å²) in [6.07, 6.45) is 0. The molecule has 0 atom stereocenters. The molecule has 1 aromatic heterocycles. The fourth-order valence-corrected chi connectivity index (χ4v) is 1.32. The highest BCUT2D eigenvalue weighted by molar-refractivity contribution is 6.30. The van der Waals surface area contributed by atoms with Crippen molar-refractivity contribution >= 4 is 17.5 Å². The molecule has 0 saturated heterocycles. The minimum absolute atomic E-state index is 0.167. The van der Waals surface area contributed by atoms with Gasteiger partial charge in [-0.2, -0.15) is 0 Å². The van der Waals surface area contributed by atoms with Gasteiger partial charge in [-0.15, -0.1) is 10.2 Å². The Balaban J connectivity index is 2.55. The van der Waals surface area contributed by atoms with E-state index in [2.05, 4.69) is 10.2 Å². The van der Waals surface area contributed by atoms with Crippen LogP contribution in [-0.2, 0) is 0 Å². The van der Waals surface area contributed by atoms with E-state index in [1.54, 1.807) is 12.1 Å². The second-order valence-corrected chi connectivity index (χ2v) is 3.20. The van der Waals surface area contributed by atoms with E-state index in [0.717, 1.165) is 5.56 Å². The Kier molecular flexibility index (Phi) is 2.01. The lowest BCUT2D eigenvalue weighted by Gasteiger charge is -2.00. The average molecular weight is 210 g/mol. The number of nitrogen functional groups attached to an aromatic ring is 2. The second-order valence-electron chi connectivity index (χ2n) is 2.76. The summed E-state index contributed by atoms with van der Waals surface area (Å²) in [7, 11) is 0. The fourth-order valence-electron chi connectivity index (χ4n) is 1.13. The molecule has 1 heterocycles. The van der Waals surface area contributed by atoms with Gasteiger partial charge in [0.1, 0.15) is 0 Å². The van der Waals surface area contributed by atoms with Gasteiger partial charge in [0.05, 0.1) is 0 Å². The van der Waals surface area contributed by atoms with E-state index in [0.29, 0.717) is 10.8 Å². The van der Waals surface area contributed by atoms with Gasteiger partial charge < -0.3 is 11.6 Å². The number of aromatic nitrogens is 3. The molecular formula is C8H8ClN5. The summed E-state index contributed by atoms with van der Waals surface area (Å²) in [6, 6.07) is 7.15. The van der Waals surface area contributed by atoms with E-state index in [-0.39, 0.29) is 5.95 Å². The topological polar surface area (TPSA) is 82.8 Å². The maximum absolute atomic E-state index is 5.82. The number of hydrogen-bond acceptors (Lipinski definition) is 4. The van der Waals surface area contributed by atoms with Crippen LogP contribution in [0.3, 0.4) is 0 Å². The number of nitrogens with two attached hydrogens (primary N) is 2. The molecule has 5 nitrogen and oxygen atoms in total. The summed E-state index contributed by atoms with van der Waals surface area (Å²) in [5.41, 5.74) is 6.23. The van der Waals surface area contributed by atoms with Gasteiger partial charge in [-0.25, -0.2) is 4.68 Å². The molecular weight excluding hydrogens is 202 g/mol. The monoisotopic (exact) mass is 209 g/mol. The van der Waals surface area contributed by atoms with Crippen LogP contribution in [0.5, 0.6) is 0 Å². The first kappa shape index (κ1) is 8.83. The third kappa shape index (κ3) is 1.38. The van der Waals surface area contributed by atoms with Gasteiger partial charge >= 0.3 is 0 Å². The third-order valence-electron chi connectivity index (χ3n) is 1.81. The van der Waals surface area contributed by atoms with Crippen LogP contribution in [0.2, 0.25) is 5.02 Å². The Morgan fingerprint density at radius 1 is 1.29 bits per heavy atom. The number of rotatable bonds is 1. The zero-order chi connectivity index (χ0) is 10.1. The highest BCUT2D eigenvalue weighted by Gasteiger charge is 2.08. The minimum atomic E-state index is 0.167. The van der Waals surface area contributed by atoms with Crippen LogP contribution >= 0.6 is 11.6 Å². The summed E-state index contributed by atoms with van der Waals surface area (Å²) in [6.45, 7) is 0. The van der Waals surface area contributed by atoms with Crippen LogP contribution in [0.1, 0.15) is 0 Å². The molecule has 0 fully saturated rings. The van der Waals surface area contributed by atoms with Crippen molar-refractivity contribution in [3.8, 4) is 11.4 Å². The number of hydrogen-bond donors (Lipinski definition) is 2. The first-order valence-electron chi connectivity index (χ1n) is 3.90. The van der Waals surface area contributed by atoms with Crippen molar-refractivity contribution in [2.24, 2.45) is 0 Å². The molecule has 0 aliphatic heterocycles. The van der Waals surface area contributed by atoms with E-state index in [4.69, 9.17) is 23.2 Å². The van der Waals surface area contributed by atoms with E-state index >= 15 is 0 Å². The summed E-state index contributed by atoms with van der Waals surface area (Å²) in [4.78, 5) is 0. The quantitative estimate of drug-likeness (QED) is 0.684. The van der Waals surface area contributed by atoms with Gasteiger partial charge in [0.15, 0.2) is 5.82 Å². The van der Waals surface area contributed by atoms with Crippen molar-refractivity contribution in [3.05, 3.63) is 29.3 Å². The molecule has 1 aromatic carbocycles. The predicted molar refractivity (Wildman–Crippen MR) is 55.0 cm³/mol. The first-order chi connectivity index (χ1) is 6.68. The molecule has 0 amide bonds. The minimum Gasteiger partial charge on any atom is -0.366 e. The Labute approximate surface area is 85.3 Å². The molecule has 0 bridgehead atoms. The lowest BCUT2D eigenvalue weighted by molar-refractivity contribution is 1.02. The van der Waals surface area contributed by atoms with E-state index in [1.165, 1.54) is 4.68 Å². The molecule has 2 aromatic rings. The smallest absolute Gasteiger partial charge is 0.241 e. The van der Waals surface area contributed by atoms with E-state index in [9.17, 15) is 0 Å². The van der Waals surface area contributed by atoms with Crippen molar-refractivity contribution in [3.63, 3.8) is 0 Å². The van der Waals surface area contributed by atoms with Gasteiger partial charge in [0, 0.05) is 10.6 Å². The molecule has 0 unspecified atom stereocenters. The van der Waals surface area contributed by atoms with E-state index in [1.807, 2.05) is 12.1 Å². The van der Waals surface area contributed by atoms with E-state index < -0.39 is 0 Å². The third-order valence-corrected chi connectivity index (χ3v) is 2.04. The Morgan fingerprint density at radius 2 is 2.07 bits per heavy atom. The second kappa shape index (κ2) is 3.19. The highest BCUT2D eigenvalue weighted by atomic mass is 35.5. The highest BCUT2D eigenvalue weighted by Crippen LogP contribution is 2.20. The fraction of sp³-hybridized carbons (Fsp3) is 0. The molecule has 0 radical (unpaired) electrons. The zero-order valence-electron chi connectivity index (χ0n) is 7.18. The summed E-state index contributed by atoms with van der Waals surface area (Å²) < 4.78 is 1.21. The normalized spacial score (nSPS) is 10.4. The number of nitrogens with zero attached hydrogens (tertiary/aromatic N) is 3. The SMILES string of the molecule is Nc1nnc(-c2cccc(Cl)c2)n1N. The molecule has 2 rings (SSSR count). The summed E-state index contributed by atoms with van der Waals surface area (Å²) in [5, 5.41) is 8.09. The lowest BCUT2D eigenvalue weighted by atomic mass is 10.2. The van der Waals surface area contributed by atoms with Crippen molar-refractivity contribution in [1.82, 2.24) is 14.9 Å². The molecule has 0 aliphatic rings. The molecule has 14 heavy (non-hydrogen) atoms. The number of anilines is 1. The number of benzene rings is 1. The van der Waals surface area contributed by atoms with Gasteiger partial charge in [-0.1, -0.05) is 23.7 Å². The molecule has 0 aliphatic carbocycles. The largest absolute Gasteiger partial charge is 0.366 e. The number of halogens is 1. The molecule has 72 valence electrons. The van der Waals surface area contributed by atoms with Gasteiger partial charge in [-0.05, 0) is 12.1 Å². The van der Waals surface area contributed by atoms with Gasteiger partial charge in [-0.3, -0.25) is 0 Å². The standard InChI is InChI=1S/C8H8ClN5/c9-6-3-1-2-5(4-6)7-12-13-8(10)14(7)11/h1-4H,11H2,(H2,10,13). The van der Waals surface area contributed by atoms with Crippen LogP contribution in [0.15, 0.2) is 24.3 Å². The molecule has 4 N–H and O–H groups in total. The maximum Gasteiger partial charge on any atom is 0.241 e. The predicted octanol–water partition coefficient (Wildman–Crippen LogP) is 0.895. The van der Waals surface area contributed by atoms with Crippen LogP contribution in [0.25, 0.3) is 11.4 Å². The van der Waals surface area contributed by atoms with Crippen LogP contribution in [-0.4, -0.2) is 14.9 Å². The van der Waals surface area contributed by atoms with Crippen molar-refractivity contribution in [2.45, 2.75) is 0 Å². The summed E-state index contributed by atoms with van der Waals surface area (Å²) in [5.74, 6) is 6.27. The lowest BCUT2D eigenvalue weighted by Crippen LogP contribution is -2.13. The van der Waals surface area contributed by atoms with Crippen LogP contribution < -0.4 is 11.6 Å². The molecule has 0 saturated carbocycles. The van der Waals surface area contributed by atoms with Crippen LogP contribution in [0, 0.1) is 0 Å². The molecule has 0 spiro atoms. The van der Waals surface area contributed by atoms with Gasteiger partial charge in [0.25, 0.3) is 0 Å². The maximum atomic E-state index is 5.82. The summed E-state index contributed by atoms with van der Waals surface area (Å²) >= 11 is 5.82. The Morgan fingerprint density at radius 3 is 2.64 bits per heavy atom. The Bertz CT molecular complexity index is 465. The van der Waals surface area contributed by atoms with Crippen molar-refractivity contribution in [1.29, 1.82) is 0 Å². The Hall–Kier alpha value is -1.75. The van der Waals surface area contributed by atoms with Gasteiger partial charge in [0.2, 0.25) is 5.95 Å². The molecule has 6 heteroatoms.